The Bertz CT molecular complexity index is 1390. The molecule has 2 fully saturated rings. The minimum Gasteiger partial charge on any atom is -0.465 e. The van der Waals surface area contributed by atoms with Gasteiger partial charge < -0.3 is 19.5 Å². The molecule has 1 aromatic heterocycles. The van der Waals surface area contributed by atoms with Crippen molar-refractivity contribution in [2.45, 2.75) is 52.0 Å². The first-order valence-electron chi connectivity index (χ1n) is 13.9. The zero-order valence-corrected chi connectivity index (χ0v) is 22.5. The van der Waals surface area contributed by atoms with Crippen LogP contribution in [0.5, 0.6) is 0 Å². The highest BCUT2D eigenvalue weighted by molar-refractivity contribution is 6.45. The number of Topliss-reactive ketones (excluding diaryl/α,β-unsaturated/α-hetero) is 1. The molecule has 2 atom stereocenters. The van der Waals surface area contributed by atoms with E-state index in [0.29, 0.717) is 35.6 Å². The molecule has 0 aliphatic heterocycles. The van der Waals surface area contributed by atoms with Crippen LogP contribution in [0.4, 0.5) is 5.69 Å². The zero-order chi connectivity index (χ0) is 27.5. The Labute approximate surface area is 228 Å². The molecule has 2 aliphatic rings. The molecule has 2 aliphatic carbocycles. The summed E-state index contributed by atoms with van der Waals surface area (Å²) in [4.78, 5) is 53.8. The summed E-state index contributed by atoms with van der Waals surface area (Å²) < 4.78 is 6.75. The molecule has 8 heteroatoms. The summed E-state index contributed by atoms with van der Waals surface area (Å²) >= 11 is 0. The topological polar surface area (TPSA) is 97.7 Å². The zero-order valence-electron chi connectivity index (χ0n) is 22.5. The van der Waals surface area contributed by atoms with E-state index in [9.17, 15) is 19.2 Å². The predicted octanol–water partition coefficient (Wildman–Crippen LogP) is 4.78. The lowest BCUT2D eigenvalue weighted by Crippen LogP contribution is -2.38. The fourth-order valence-electron chi connectivity index (χ4n) is 5.24. The SMILES string of the molecule is CCCN(CC1CC1)C(=O)C(=O)c1cn(CC(=O)OCC)c2ccc(NC(=O)C3C[C@H]3c3ccccc3)cc12. The summed E-state index contributed by atoms with van der Waals surface area (Å²) in [5.41, 5.74) is 2.54. The number of fused-ring (bicyclic) bond motifs is 1. The van der Waals surface area contributed by atoms with Crippen LogP contribution in [0.2, 0.25) is 0 Å². The molecule has 1 heterocycles. The number of ketones is 1. The third kappa shape index (κ3) is 6.05. The van der Waals surface area contributed by atoms with Crippen LogP contribution < -0.4 is 5.32 Å². The van der Waals surface area contributed by atoms with Gasteiger partial charge in [0, 0.05) is 41.8 Å². The van der Waals surface area contributed by atoms with Gasteiger partial charge in [-0.15, -0.1) is 0 Å². The number of nitrogens with zero attached hydrogens (tertiary/aromatic N) is 2. The average molecular weight is 530 g/mol. The molecule has 1 unspecified atom stereocenters. The van der Waals surface area contributed by atoms with Gasteiger partial charge in [0.1, 0.15) is 6.54 Å². The van der Waals surface area contributed by atoms with E-state index >= 15 is 0 Å². The second-order valence-electron chi connectivity index (χ2n) is 10.6. The third-order valence-electron chi connectivity index (χ3n) is 7.50. The Balaban J connectivity index is 1.41. The van der Waals surface area contributed by atoms with Crippen LogP contribution in [0.15, 0.2) is 54.7 Å². The number of nitrogens with one attached hydrogen (secondary N) is 1. The monoisotopic (exact) mass is 529 g/mol. The van der Waals surface area contributed by atoms with Crippen molar-refractivity contribution >= 4 is 40.2 Å². The van der Waals surface area contributed by atoms with Crippen LogP contribution in [0.1, 0.15) is 61.4 Å². The predicted molar refractivity (Wildman–Crippen MR) is 148 cm³/mol. The molecule has 2 amide bonds. The van der Waals surface area contributed by atoms with Crippen molar-refractivity contribution in [3.63, 3.8) is 0 Å². The number of benzene rings is 2. The number of rotatable bonds is 12. The third-order valence-corrected chi connectivity index (χ3v) is 7.50. The Morgan fingerprint density at radius 3 is 2.51 bits per heavy atom. The number of amides is 2. The Morgan fingerprint density at radius 1 is 1.05 bits per heavy atom. The lowest BCUT2D eigenvalue weighted by molar-refractivity contribution is -0.143. The highest BCUT2D eigenvalue weighted by Gasteiger charge is 2.43. The summed E-state index contributed by atoms with van der Waals surface area (Å²) in [6, 6.07) is 15.2. The summed E-state index contributed by atoms with van der Waals surface area (Å²) in [6.07, 6.45) is 5.27. The molecule has 1 N–H and O–H groups in total. The van der Waals surface area contributed by atoms with E-state index in [1.165, 1.54) is 0 Å². The van der Waals surface area contributed by atoms with Gasteiger partial charge in [0.2, 0.25) is 5.91 Å². The van der Waals surface area contributed by atoms with E-state index in [-0.39, 0.29) is 36.5 Å². The van der Waals surface area contributed by atoms with Crippen LogP contribution in [0.25, 0.3) is 10.9 Å². The summed E-state index contributed by atoms with van der Waals surface area (Å²) in [5, 5.41) is 3.51. The largest absolute Gasteiger partial charge is 0.465 e. The first kappa shape index (κ1) is 26.7. The van der Waals surface area contributed by atoms with E-state index in [0.717, 1.165) is 31.2 Å². The van der Waals surface area contributed by atoms with Crippen molar-refractivity contribution in [3.05, 3.63) is 65.9 Å². The van der Waals surface area contributed by atoms with Crippen molar-refractivity contribution in [2.75, 3.05) is 25.0 Å². The molecule has 204 valence electrons. The molecule has 5 rings (SSSR count). The van der Waals surface area contributed by atoms with Gasteiger partial charge in [-0.1, -0.05) is 37.3 Å². The molecule has 2 saturated carbocycles. The van der Waals surface area contributed by atoms with Gasteiger partial charge >= 0.3 is 5.97 Å². The quantitative estimate of drug-likeness (QED) is 0.207. The molecule has 0 spiro atoms. The maximum Gasteiger partial charge on any atom is 0.325 e. The normalized spacial score (nSPS) is 18.0. The number of anilines is 1. The fraction of sp³-hybridized carbons (Fsp3) is 0.419. The van der Waals surface area contributed by atoms with Gasteiger partial charge in [0.05, 0.1) is 12.2 Å². The van der Waals surface area contributed by atoms with Crippen LogP contribution in [0.3, 0.4) is 0 Å². The van der Waals surface area contributed by atoms with E-state index < -0.39 is 17.7 Å². The number of ether oxygens (including phenoxy) is 1. The minimum atomic E-state index is -0.605. The van der Waals surface area contributed by atoms with Gasteiger partial charge in [-0.3, -0.25) is 19.2 Å². The number of hydrogen-bond donors (Lipinski definition) is 1. The second-order valence-corrected chi connectivity index (χ2v) is 10.6. The number of carbonyl (C=O) groups excluding carboxylic acids is 4. The summed E-state index contributed by atoms with van der Waals surface area (Å²) in [5.74, 6) is -1.09. The summed E-state index contributed by atoms with van der Waals surface area (Å²) in [7, 11) is 0. The molecule has 3 aromatic rings. The van der Waals surface area contributed by atoms with Gasteiger partial charge in [-0.2, -0.15) is 0 Å². The minimum absolute atomic E-state index is 0.0725. The molecule has 39 heavy (non-hydrogen) atoms. The van der Waals surface area contributed by atoms with Gasteiger partial charge in [0.25, 0.3) is 11.7 Å². The van der Waals surface area contributed by atoms with E-state index in [1.54, 1.807) is 40.8 Å². The molecular weight excluding hydrogens is 494 g/mol. The van der Waals surface area contributed by atoms with Crippen molar-refractivity contribution < 1.29 is 23.9 Å². The molecule has 0 radical (unpaired) electrons. The molecule has 0 bridgehead atoms. The number of esters is 1. The Morgan fingerprint density at radius 2 is 1.82 bits per heavy atom. The van der Waals surface area contributed by atoms with Gasteiger partial charge in [0.15, 0.2) is 0 Å². The molecule has 2 aromatic carbocycles. The highest BCUT2D eigenvalue weighted by Crippen LogP contribution is 2.48. The van der Waals surface area contributed by atoms with Crippen LogP contribution in [-0.4, -0.2) is 52.7 Å². The molecular formula is C31H35N3O5. The van der Waals surface area contributed by atoms with Gasteiger partial charge in [-0.05, 0) is 68.2 Å². The Kier molecular flexibility index (Phi) is 7.82. The van der Waals surface area contributed by atoms with E-state index in [4.69, 9.17) is 4.74 Å². The van der Waals surface area contributed by atoms with Crippen molar-refractivity contribution in [2.24, 2.45) is 11.8 Å². The van der Waals surface area contributed by atoms with Gasteiger partial charge in [-0.25, -0.2) is 0 Å². The van der Waals surface area contributed by atoms with Crippen LogP contribution >= 0.6 is 0 Å². The van der Waals surface area contributed by atoms with Crippen molar-refractivity contribution in [3.8, 4) is 0 Å². The number of aromatic nitrogens is 1. The maximum absolute atomic E-state index is 13.5. The van der Waals surface area contributed by atoms with E-state index in [2.05, 4.69) is 5.32 Å². The average Bonchev–Trinajstić information content (AvgIpc) is 3.86. The second kappa shape index (κ2) is 11.4. The standard InChI is InChI=1S/C31H35N3O5/c1-3-14-33(17-20-10-11-20)31(38)29(36)26-18-34(19-28(35)39-4-2)27-13-12-22(15-24(26)27)32-30(37)25-16-23(25)21-8-6-5-7-9-21/h5-9,12-13,15,18,20,23,25H,3-4,10-11,14,16-17,19H2,1-2H3,(H,32,37)/t23-,25?/m0/s1. The maximum atomic E-state index is 13.5. The number of carbonyl (C=O) groups is 4. The first-order chi connectivity index (χ1) is 18.9. The van der Waals surface area contributed by atoms with Crippen LogP contribution in [-0.2, 0) is 25.7 Å². The van der Waals surface area contributed by atoms with E-state index in [1.807, 2.05) is 37.3 Å². The Hall–Kier alpha value is -3.94. The van der Waals surface area contributed by atoms with Crippen molar-refractivity contribution in [1.82, 2.24) is 9.47 Å². The highest BCUT2D eigenvalue weighted by atomic mass is 16.5. The fourth-order valence-corrected chi connectivity index (χ4v) is 5.24. The van der Waals surface area contributed by atoms with Crippen molar-refractivity contribution in [1.29, 1.82) is 0 Å². The van der Waals surface area contributed by atoms with Crippen LogP contribution in [0, 0.1) is 11.8 Å². The number of hydrogen-bond acceptors (Lipinski definition) is 5. The molecule has 8 nitrogen and oxygen atoms in total. The first-order valence-corrected chi connectivity index (χ1v) is 13.9. The lowest BCUT2D eigenvalue weighted by Gasteiger charge is -2.21. The summed E-state index contributed by atoms with van der Waals surface area (Å²) in [6.45, 7) is 4.99. The molecule has 0 saturated heterocycles. The smallest absolute Gasteiger partial charge is 0.325 e. The lowest BCUT2D eigenvalue weighted by atomic mass is 10.1.